The third kappa shape index (κ3) is 7.21. The third-order valence-electron chi connectivity index (χ3n) is 4.38. The van der Waals surface area contributed by atoms with Gasteiger partial charge in [-0.05, 0) is 12.8 Å². The van der Waals surface area contributed by atoms with Crippen molar-refractivity contribution in [2.45, 2.75) is 39.7 Å². The lowest BCUT2D eigenvalue weighted by Crippen LogP contribution is -3.00. The summed E-state index contributed by atoms with van der Waals surface area (Å²) in [7, 11) is 0. The van der Waals surface area contributed by atoms with Crippen molar-refractivity contribution in [3.05, 3.63) is 35.7 Å². The van der Waals surface area contributed by atoms with Crippen molar-refractivity contribution >= 4 is 28.1 Å². The second kappa shape index (κ2) is 11.4. The number of hydrazone groups is 1. The van der Waals surface area contributed by atoms with E-state index in [1.54, 1.807) is 0 Å². The van der Waals surface area contributed by atoms with Gasteiger partial charge < -0.3 is 26.5 Å². The molecule has 1 saturated heterocycles. The number of nitrogens with zero attached hydrogens (tertiary/aromatic N) is 2. The second-order valence-corrected chi connectivity index (χ2v) is 8.35. The maximum atomic E-state index is 12.1. The Labute approximate surface area is 186 Å². The summed E-state index contributed by atoms with van der Waals surface area (Å²) < 4.78 is 11.0. The minimum atomic E-state index is -0.159. The number of thiazole rings is 1. The Morgan fingerprint density at radius 3 is 2.86 bits per heavy atom. The number of esters is 1. The van der Waals surface area contributed by atoms with E-state index in [0.717, 1.165) is 22.1 Å². The van der Waals surface area contributed by atoms with Gasteiger partial charge in [-0.1, -0.05) is 44.2 Å². The highest BCUT2D eigenvalue weighted by Crippen LogP contribution is 2.26. The molecular weight excluding hydrogens is 454 g/mol. The zero-order chi connectivity index (χ0) is 19.9. The lowest BCUT2D eigenvalue weighted by atomic mass is 9.99. The number of benzene rings is 1. The van der Waals surface area contributed by atoms with Crippen molar-refractivity contribution in [3.63, 3.8) is 0 Å². The molecule has 1 aliphatic heterocycles. The van der Waals surface area contributed by atoms with E-state index in [4.69, 9.17) is 9.47 Å². The molecule has 0 radical (unpaired) electrons. The van der Waals surface area contributed by atoms with E-state index in [9.17, 15) is 4.79 Å². The van der Waals surface area contributed by atoms with Gasteiger partial charge in [0.2, 0.25) is 5.13 Å². The minimum Gasteiger partial charge on any atom is -1.00 e. The van der Waals surface area contributed by atoms with Gasteiger partial charge in [-0.2, -0.15) is 5.10 Å². The van der Waals surface area contributed by atoms with Gasteiger partial charge in [0.15, 0.2) is 0 Å². The number of nitrogens with one attached hydrogen (secondary N) is 1. The predicted octanol–water partition coefficient (Wildman–Crippen LogP) is 1.60. The summed E-state index contributed by atoms with van der Waals surface area (Å²) in [5.41, 5.74) is 5.85. The van der Waals surface area contributed by atoms with Crippen LogP contribution in [0.5, 0.6) is 0 Å². The molecule has 1 N–H and O–H groups in total. The molecular formula is C21H27BrN3O3S-. The first kappa shape index (κ1) is 23.5. The quantitative estimate of drug-likeness (QED) is 0.335. The number of rotatable bonds is 9. The van der Waals surface area contributed by atoms with Crippen molar-refractivity contribution in [1.29, 1.82) is 0 Å². The highest BCUT2D eigenvalue weighted by molar-refractivity contribution is 7.14. The number of halogens is 1. The standard InChI is InChI=1S/C21H27N3O3S.BrH/c1-14(2)11-26-12-18-10-17(20(25)27-18)9-15(3)23-24-21-22-19(13-28-21)16-7-5-4-6-8-16;/h4-8,13-14,17-18H,9-12H2,1-3H3,(H,22,24);1H/p-1. The normalized spacial score (nSPS) is 19.2. The number of hydrogen-bond donors (Lipinski definition) is 1. The zero-order valence-corrected chi connectivity index (χ0v) is 19.3. The largest absolute Gasteiger partial charge is 1.00 e. The number of hydrogen-bond acceptors (Lipinski definition) is 7. The first-order valence-electron chi connectivity index (χ1n) is 9.59. The van der Waals surface area contributed by atoms with Gasteiger partial charge in [-0.25, -0.2) is 4.98 Å². The molecule has 8 heteroatoms. The Balaban J connectivity index is 0.00000300. The summed E-state index contributed by atoms with van der Waals surface area (Å²) >= 11 is 1.50. The monoisotopic (exact) mass is 480 g/mol. The van der Waals surface area contributed by atoms with Gasteiger partial charge in [0.25, 0.3) is 0 Å². The smallest absolute Gasteiger partial charge is 0.309 e. The predicted molar refractivity (Wildman–Crippen MR) is 113 cm³/mol. The molecule has 2 heterocycles. The summed E-state index contributed by atoms with van der Waals surface area (Å²) in [6, 6.07) is 10.0. The van der Waals surface area contributed by atoms with Gasteiger partial charge in [-0.3, -0.25) is 10.2 Å². The number of cyclic esters (lactones) is 1. The molecule has 6 nitrogen and oxygen atoms in total. The third-order valence-corrected chi connectivity index (χ3v) is 5.12. The van der Waals surface area contributed by atoms with Crippen LogP contribution in [0.3, 0.4) is 0 Å². The highest BCUT2D eigenvalue weighted by atomic mass is 79.9. The molecule has 0 amide bonds. The number of carbonyl (C=O) groups excluding carboxylic acids is 1. The molecule has 1 aliphatic rings. The summed E-state index contributed by atoms with van der Waals surface area (Å²) in [4.78, 5) is 16.6. The first-order valence-corrected chi connectivity index (χ1v) is 10.5. The molecule has 0 saturated carbocycles. The van der Waals surface area contributed by atoms with Crippen LogP contribution in [0, 0.1) is 11.8 Å². The van der Waals surface area contributed by atoms with Gasteiger partial charge in [0.1, 0.15) is 6.10 Å². The molecule has 2 atom stereocenters. The molecule has 0 aliphatic carbocycles. The Hall–Kier alpha value is -1.77. The van der Waals surface area contributed by atoms with Crippen molar-refractivity contribution in [1.82, 2.24) is 4.98 Å². The Bertz CT molecular complexity index is 811. The fourth-order valence-electron chi connectivity index (χ4n) is 3.04. The van der Waals surface area contributed by atoms with Crippen LogP contribution < -0.4 is 22.4 Å². The maximum absolute atomic E-state index is 12.1. The van der Waals surface area contributed by atoms with Crippen LogP contribution in [0.4, 0.5) is 5.13 Å². The molecule has 2 aromatic rings. The summed E-state index contributed by atoms with van der Waals surface area (Å²) in [6.07, 6.45) is 1.10. The molecule has 0 bridgehead atoms. The molecule has 1 aromatic carbocycles. The van der Waals surface area contributed by atoms with E-state index in [-0.39, 0.29) is 35.0 Å². The minimum absolute atomic E-state index is 0. The average molecular weight is 481 g/mol. The molecule has 29 heavy (non-hydrogen) atoms. The Kier molecular flexibility index (Phi) is 9.26. The second-order valence-electron chi connectivity index (χ2n) is 7.49. The van der Waals surface area contributed by atoms with Crippen LogP contribution in [0.25, 0.3) is 11.3 Å². The number of ether oxygens (including phenoxy) is 2. The SMILES string of the molecule is CC(CC1CC(COCC(C)C)OC1=O)=NNc1nc(-c2ccccc2)cs1.[Br-]. The fraction of sp³-hybridized carbons (Fsp3) is 0.476. The van der Waals surface area contributed by atoms with Gasteiger partial charge in [-0.15, -0.1) is 11.3 Å². The van der Waals surface area contributed by atoms with Gasteiger partial charge >= 0.3 is 5.97 Å². The lowest BCUT2D eigenvalue weighted by molar-refractivity contribution is -0.146. The van der Waals surface area contributed by atoms with E-state index in [0.29, 0.717) is 32.0 Å². The van der Waals surface area contributed by atoms with Crippen LogP contribution in [-0.4, -0.2) is 36.0 Å². The van der Waals surface area contributed by atoms with Crippen molar-refractivity contribution in [3.8, 4) is 11.3 Å². The Morgan fingerprint density at radius 2 is 2.14 bits per heavy atom. The molecule has 2 unspecified atom stereocenters. The molecule has 0 spiro atoms. The van der Waals surface area contributed by atoms with E-state index < -0.39 is 0 Å². The lowest BCUT2D eigenvalue weighted by Gasteiger charge is -2.11. The Morgan fingerprint density at radius 1 is 1.38 bits per heavy atom. The fourth-order valence-corrected chi connectivity index (χ4v) is 3.70. The number of carbonyl (C=O) groups is 1. The topological polar surface area (TPSA) is 72.8 Å². The highest BCUT2D eigenvalue weighted by Gasteiger charge is 2.34. The van der Waals surface area contributed by atoms with Crippen molar-refractivity contribution in [2.24, 2.45) is 16.9 Å². The van der Waals surface area contributed by atoms with E-state index in [1.165, 1.54) is 11.3 Å². The maximum Gasteiger partial charge on any atom is 0.309 e. The van der Waals surface area contributed by atoms with Crippen LogP contribution in [0.1, 0.15) is 33.6 Å². The van der Waals surface area contributed by atoms with Crippen molar-refractivity contribution in [2.75, 3.05) is 18.6 Å². The van der Waals surface area contributed by atoms with Crippen LogP contribution in [-0.2, 0) is 14.3 Å². The van der Waals surface area contributed by atoms with Crippen molar-refractivity contribution < 1.29 is 31.2 Å². The summed E-state index contributed by atoms with van der Waals surface area (Å²) in [5.74, 6) is 0.157. The van der Waals surface area contributed by atoms with Gasteiger partial charge in [0.05, 0.1) is 18.2 Å². The molecule has 3 rings (SSSR count). The molecule has 1 aromatic heterocycles. The van der Waals surface area contributed by atoms with Crippen LogP contribution in [0.2, 0.25) is 0 Å². The van der Waals surface area contributed by atoms with Crippen LogP contribution in [0.15, 0.2) is 40.8 Å². The molecule has 158 valence electrons. The average Bonchev–Trinajstić information content (AvgIpc) is 3.28. The van der Waals surface area contributed by atoms with Crippen LogP contribution >= 0.6 is 11.3 Å². The zero-order valence-electron chi connectivity index (χ0n) is 16.9. The summed E-state index contributed by atoms with van der Waals surface area (Å²) in [6.45, 7) is 7.26. The summed E-state index contributed by atoms with van der Waals surface area (Å²) in [5, 5.41) is 7.11. The van der Waals surface area contributed by atoms with E-state index in [1.807, 2.05) is 42.6 Å². The number of anilines is 1. The first-order chi connectivity index (χ1) is 13.5. The van der Waals surface area contributed by atoms with Gasteiger partial charge in [0, 0.05) is 36.1 Å². The van der Waals surface area contributed by atoms with E-state index >= 15 is 0 Å². The van der Waals surface area contributed by atoms with E-state index in [2.05, 4.69) is 29.4 Å². The number of aromatic nitrogens is 1. The molecule has 1 fully saturated rings.